The Morgan fingerprint density at radius 3 is 2.62 bits per heavy atom. The molecule has 5 nitrogen and oxygen atoms in total. The highest BCUT2D eigenvalue weighted by molar-refractivity contribution is 9.11. The Bertz CT molecular complexity index is 1020. The van der Waals surface area contributed by atoms with Crippen LogP contribution in [0.4, 0.5) is 5.82 Å². The molecule has 26 heavy (non-hydrogen) atoms. The summed E-state index contributed by atoms with van der Waals surface area (Å²) in [5.74, 6) is 0.778. The lowest BCUT2D eigenvalue weighted by Gasteiger charge is -2.20. The van der Waals surface area contributed by atoms with E-state index in [1.54, 1.807) is 16.9 Å². The maximum Gasteiger partial charge on any atom is 0.153 e. The summed E-state index contributed by atoms with van der Waals surface area (Å²) in [6.07, 6.45) is 7.92. The summed E-state index contributed by atoms with van der Waals surface area (Å²) in [6, 6.07) is 14.3. The van der Waals surface area contributed by atoms with Crippen LogP contribution in [0.5, 0.6) is 0 Å². The molecule has 1 atom stereocenters. The Labute approximate surface area is 167 Å². The van der Waals surface area contributed by atoms with Crippen LogP contribution in [0.25, 0.3) is 5.52 Å². The molecule has 7 heteroatoms. The molecule has 3 aromatic heterocycles. The largest absolute Gasteiger partial charge is 0.361 e. The molecule has 0 aliphatic rings. The minimum atomic E-state index is 0.0264. The third-order valence-electron chi connectivity index (χ3n) is 4.11. The highest BCUT2D eigenvalue weighted by Crippen LogP contribution is 2.28. The lowest BCUT2D eigenvalue weighted by atomic mass is 10.0. The number of pyridine rings is 1. The number of nitrogens with one attached hydrogen (secondary N) is 1. The summed E-state index contributed by atoms with van der Waals surface area (Å²) in [7, 11) is 0. The van der Waals surface area contributed by atoms with Crippen LogP contribution in [-0.4, -0.2) is 19.6 Å². The number of benzene rings is 1. The number of hydrogen-bond acceptors (Lipinski definition) is 4. The van der Waals surface area contributed by atoms with Gasteiger partial charge in [0, 0.05) is 35.2 Å². The molecule has 0 saturated heterocycles. The van der Waals surface area contributed by atoms with Gasteiger partial charge in [-0.15, -0.1) is 0 Å². The number of anilines is 1. The van der Waals surface area contributed by atoms with E-state index < -0.39 is 0 Å². The SMILES string of the molecule is Brc1ccc(C(Cc2ccccn2)Nc2nccn3ncc(Br)c23)cc1. The first-order chi connectivity index (χ1) is 12.7. The highest BCUT2D eigenvalue weighted by atomic mass is 79.9. The van der Waals surface area contributed by atoms with E-state index >= 15 is 0 Å². The van der Waals surface area contributed by atoms with Crippen molar-refractivity contribution in [2.24, 2.45) is 0 Å². The Hall–Kier alpha value is -2.25. The van der Waals surface area contributed by atoms with Crippen molar-refractivity contribution in [1.82, 2.24) is 19.6 Å². The van der Waals surface area contributed by atoms with Crippen molar-refractivity contribution in [1.29, 1.82) is 0 Å². The van der Waals surface area contributed by atoms with Crippen LogP contribution in [0.3, 0.4) is 0 Å². The number of fused-ring (bicyclic) bond motifs is 1. The summed E-state index contributed by atoms with van der Waals surface area (Å²) >= 11 is 7.06. The monoisotopic (exact) mass is 471 g/mol. The van der Waals surface area contributed by atoms with E-state index in [0.29, 0.717) is 0 Å². The summed E-state index contributed by atoms with van der Waals surface area (Å²) in [5.41, 5.74) is 3.10. The van der Waals surface area contributed by atoms with Crippen molar-refractivity contribution in [2.45, 2.75) is 12.5 Å². The van der Waals surface area contributed by atoms with E-state index in [9.17, 15) is 0 Å². The van der Waals surface area contributed by atoms with Gasteiger partial charge in [0.2, 0.25) is 0 Å². The number of nitrogens with zero attached hydrogens (tertiary/aromatic N) is 4. The molecular weight excluding hydrogens is 458 g/mol. The maximum atomic E-state index is 4.53. The van der Waals surface area contributed by atoms with Crippen molar-refractivity contribution < 1.29 is 0 Å². The van der Waals surface area contributed by atoms with Crippen molar-refractivity contribution in [3.05, 3.63) is 87.5 Å². The van der Waals surface area contributed by atoms with Crippen molar-refractivity contribution in [3.8, 4) is 0 Å². The molecule has 1 aromatic carbocycles. The van der Waals surface area contributed by atoms with Gasteiger partial charge < -0.3 is 5.32 Å². The molecular formula is C19H15Br2N5. The second-order valence-electron chi connectivity index (χ2n) is 5.84. The fraction of sp³-hybridized carbons (Fsp3) is 0.105. The van der Waals surface area contributed by atoms with Crippen LogP contribution in [0.15, 0.2) is 76.2 Å². The van der Waals surface area contributed by atoms with Crippen molar-refractivity contribution >= 4 is 43.2 Å². The number of halogens is 2. The molecule has 0 aliphatic heterocycles. The molecule has 0 spiro atoms. The van der Waals surface area contributed by atoms with Crippen LogP contribution in [0.2, 0.25) is 0 Å². The third-order valence-corrected chi connectivity index (χ3v) is 5.22. The molecule has 0 aliphatic carbocycles. The van der Waals surface area contributed by atoms with Crippen LogP contribution in [-0.2, 0) is 6.42 Å². The third kappa shape index (κ3) is 3.64. The quantitative estimate of drug-likeness (QED) is 0.441. The van der Waals surface area contributed by atoms with Gasteiger partial charge in [-0.1, -0.05) is 34.1 Å². The standard InChI is InChI=1S/C19H15Br2N5/c20-14-6-4-13(5-7-14)17(11-15-3-1-2-8-22-15)25-19-18-16(21)12-24-26(18)10-9-23-19/h1-10,12,17H,11H2,(H,23,25). The van der Waals surface area contributed by atoms with E-state index in [4.69, 9.17) is 0 Å². The van der Waals surface area contributed by atoms with Crippen LogP contribution >= 0.6 is 31.9 Å². The molecule has 4 rings (SSSR count). The van der Waals surface area contributed by atoms with Gasteiger partial charge in [0.25, 0.3) is 0 Å². The zero-order valence-corrected chi connectivity index (χ0v) is 16.9. The van der Waals surface area contributed by atoms with E-state index in [2.05, 4.69) is 64.4 Å². The zero-order valence-electron chi connectivity index (χ0n) is 13.7. The molecule has 0 bridgehead atoms. The highest BCUT2D eigenvalue weighted by Gasteiger charge is 2.17. The summed E-state index contributed by atoms with van der Waals surface area (Å²) in [6.45, 7) is 0. The van der Waals surface area contributed by atoms with E-state index in [1.165, 1.54) is 5.56 Å². The Morgan fingerprint density at radius 2 is 1.85 bits per heavy atom. The molecule has 1 N–H and O–H groups in total. The smallest absolute Gasteiger partial charge is 0.153 e. The van der Waals surface area contributed by atoms with Crippen molar-refractivity contribution in [2.75, 3.05) is 5.32 Å². The number of hydrogen-bond donors (Lipinski definition) is 1. The van der Waals surface area contributed by atoms with Gasteiger partial charge in [0.05, 0.1) is 16.7 Å². The average Bonchev–Trinajstić information content (AvgIpc) is 3.05. The van der Waals surface area contributed by atoms with Gasteiger partial charge in [-0.05, 0) is 45.8 Å². The maximum absolute atomic E-state index is 4.53. The Balaban J connectivity index is 1.72. The van der Waals surface area contributed by atoms with Crippen LogP contribution in [0.1, 0.15) is 17.3 Å². The fourth-order valence-corrected chi connectivity index (χ4v) is 3.58. The van der Waals surface area contributed by atoms with Gasteiger partial charge in [0.1, 0.15) is 5.52 Å². The van der Waals surface area contributed by atoms with Gasteiger partial charge in [-0.3, -0.25) is 4.98 Å². The first kappa shape index (κ1) is 17.2. The summed E-state index contributed by atoms with van der Waals surface area (Å²) < 4.78 is 3.76. The van der Waals surface area contributed by atoms with Gasteiger partial charge in [-0.2, -0.15) is 5.10 Å². The van der Waals surface area contributed by atoms with Crippen LogP contribution < -0.4 is 5.32 Å². The molecule has 130 valence electrons. The number of aromatic nitrogens is 4. The first-order valence-corrected chi connectivity index (χ1v) is 9.69. The molecule has 3 heterocycles. The molecule has 0 amide bonds. The second-order valence-corrected chi connectivity index (χ2v) is 7.61. The minimum Gasteiger partial charge on any atom is -0.361 e. The second kappa shape index (κ2) is 7.55. The average molecular weight is 473 g/mol. The topological polar surface area (TPSA) is 55.1 Å². The summed E-state index contributed by atoms with van der Waals surface area (Å²) in [4.78, 5) is 9.01. The molecule has 0 radical (unpaired) electrons. The van der Waals surface area contributed by atoms with Gasteiger partial charge in [0.15, 0.2) is 5.82 Å². The Morgan fingerprint density at radius 1 is 1.00 bits per heavy atom. The normalized spacial score (nSPS) is 12.2. The molecule has 4 aromatic rings. The lowest BCUT2D eigenvalue weighted by molar-refractivity contribution is 0.750. The van der Waals surface area contributed by atoms with E-state index in [1.807, 2.05) is 42.7 Å². The summed E-state index contributed by atoms with van der Waals surface area (Å²) in [5, 5.41) is 7.90. The first-order valence-electron chi connectivity index (χ1n) is 8.10. The molecule has 0 saturated carbocycles. The lowest BCUT2D eigenvalue weighted by Crippen LogP contribution is -2.16. The predicted molar refractivity (Wildman–Crippen MR) is 109 cm³/mol. The number of rotatable bonds is 5. The van der Waals surface area contributed by atoms with Crippen LogP contribution in [0, 0.1) is 0 Å². The van der Waals surface area contributed by atoms with Gasteiger partial charge in [-0.25, -0.2) is 9.50 Å². The van der Waals surface area contributed by atoms with Gasteiger partial charge >= 0.3 is 0 Å². The fourth-order valence-electron chi connectivity index (χ4n) is 2.85. The molecule has 1 unspecified atom stereocenters. The minimum absolute atomic E-state index is 0.0264. The molecule has 0 fully saturated rings. The predicted octanol–water partition coefficient (Wildman–Crippen LogP) is 5.05. The zero-order chi connectivity index (χ0) is 17.9. The Kier molecular flexibility index (Phi) is 4.99. The van der Waals surface area contributed by atoms with E-state index in [-0.39, 0.29) is 6.04 Å². The van der Waals surface area contributed by atoms with Crippen molar-refractivity contribution in [3.63, 3.8) is 0 Å². The van der Waals surface area contributed by atoms with E-state index in [0.717, 1.165) is 32.4 Å².